The number of sulfonamides is 1. The van der Waals surface area contributed by atoms with Crippen LogP contribution in [0.1, 0.15) is 21.5 Å². The van der Waals surface area contributed by atoms with Gasteiger partial charge in [0, 0.05) is 18.8 Å². The van der Waals surface area contributed by atoms with Gasteiger partial charge >= 0.3 is 0 Å². The van der Waals surface area contributed by atoms with Gasteiger partial charge in [-0.1, -0.05) is 54.1 Å². The number of fused-ring (bicyclic) bond motifs is 1. The predicted molar refractivity (Wildman–Crippen MR) is 114 cm³/mol. The summed E-state index contributed by atoms with van der Waals surface area (Å²) in [5.41, 5.74) is 2.93. The van der Waals surface area contributed by atoms with E-state index < -0.39 is 10.0 Å². The lowest BCUT2D eigenvalue weighted by atomic mass is 9.99. The predicted octanol–water partition coefficient (Wildman–Crippen LogP) is 4.34. The average Bonchev–Trinajstić information content (AvgIpc) is 2.75. The molecule has 0 fully saturated rings. The van der Waals surface area contributed by atoms with Crippen molar-refractivity contribution in [2.45, 2.75) is 17.9 Å². The molecule has 3 aromatic carbocycles. The van der Waals surface area contributed by atoms with Gasteiger partial charge in [0.2, 0.25) is 0 Å². The van der Waals surface area contributed by atoms with E-state index in [9.17, 15) is 13.2 Å². The molecule has 3 aromatic rings. The summed E-state index contributed by atoms with van der Waals surface area (Å²) in [5.74, 6) is -0.217. The highest BCUT2D eigenvalue weighted by Gasteiger charge is 2.24. The van der Waals surface area contributed by atoms with Gasteiger partial charge in [-0.3, -0.25) is 9.52 Å². The fraction of sp³-hybridized carbons (Fsp3) is 0.136. The van der Waals surface area contributed by atoms with Crippen LogP contribution in [0, 0.1) is 0 Å². The number of hydrogen-bond donors (Lipinski definition) is 1. The molecule has 0 aromatic heterocycles. The van der Waals surface area contributed by atoms with Crippen LogP contribution in [0.25, 0.3) is 0 Å². The SMILES string of the molecule is O=C(c1cc(NS(=O)(=O)c2ccccc2)ccc1Cl)N1CCc2ccccc2C1. The molecule has 1 aliphatic heterocycles. The fourth-order valence-corrected chi connectivity index (χ4v) is 4.67. The van der Waals surface area contributed by atoms with Gasteiger partial charge in [0.05, 0.1) is 15.5 Å². The summed E-state index contributed by atoms with van der Waals surface area (Å²) in [5, 5.41) is 0.288. The molecule has 0 spiro atoms. The summed E-state index contributed by atoms with van der Waals surface area (Å²) in [4.78, 5) is 15.0. The average molecular weight is 427 g/mol. The van der Waals surface area contributed by atoms with E-state index in [1.165, 1.54) is 29.8 Å². The minimum atomic E-state index is -3.75. The van der Waals surface area contributed by atoms with E-state index in [0.29, 0.717) is 18.8 Å². The number of halogens is 1. The van der Waals surface area contributed by atoms with Crippen molar-refractivity contribution >= 4 is 33.2 Å². The number of amides is 1. The van der Waals surface area contributed by atoms with Crippen molar-refractivity contribution in [1.29, 1.82) is 0 Å². The van der Waals surface area contributed by atoms with Gasteiger partial charge in [0.15, 0.2) is 0 Å². The Balaban J connectivity index is 1.58. The third kappa shape index (κ3) is 4.13. The number of anilines is 1. The Morgan fingerprint density at radius 2 is 1.62 bits per heavy atom. The molecular weight excluding hydrogens is 408 g/mol. The minimum absolute atomic E-state index is 0.149. The van der Waals surface area contributed by atoms with Crippen molar-refractivity contribution in [3.05, 3.63) is 94.5 Å². The summed E-state index contributed by atoms with van der Waals surface area (Å²) in [7, 11) is -3.75. The van der Waals surface area contributed by atoms with Gasteiger partial charge in [0.1, 0.15) is 0 Å². The Morgan fingerprint density at radius 3 is 2.38 bits per heavy atom. The maximum absolute atomic E-state index is 13.1. The molecule has 0 unspecified atom stereocenters. The summed E-state index contributed by atoms with van der Waals surface area (Å²) in [6, 6.07) is 20.7. The summed E-state index contributed by atoms with van der Waals surface area (Å²) < 4.78 is 27.7. The zero-order chi connectivity index (χ0) is 20.4. The second-order valence-corrected chi connectivity index (χ2v) is 8.95. The Kier molecular flexibility index (Phi) is 5.30. The number of carbonyl (C=O) groups is 1. The smallest absolute Gasteiger partial charge is 0.261 e. The quantitative estimate of drug-likeness (QED) is 0.674. The molecule has 0 saturated carbocycles. The number of carbonyl (C=O) groups excluding carboxylic acids is 1. The number of rotatable bonds is 4. The lowest BCUT2D eigenvalue weighted by molar-refractivity contribution is 0.0735. The fourth-order valence-electron chi connectivity index (χ4n) is 3.41. The van der Waals surface area contributed by atoms with Gasteiger partial charge in [-0.25, -0.2) is 8.42 Å². The highest BCUT2D eigenvalue weighted by atomic mass is 35.5. The van der Waals surface area contributed by atoms with E-state index in [2.05, 4.69) is 10.8 Å². The molecule has 0 aliphatic carbocycles. The van der Waals surface area contributed by atoms with E-state index in [4.69, 9.17) is 11.6 Å². The van der Waals surface area contributed by atoms with Crippen molar-refractivity contribution in [3.8, 4) is 0 Å². The largest absolute Gasteiger partial charge is 0.334 e. The molecular formula is C22H19ClN2O3S. The van der Waals surface area contributed by atoms with E-state index in [1.807, 2.05) is 18.2 Å². The maximum Gasteiger partial charge on any atom is 0.261 e. The summed E-state index contributed by atoms with van der Waals surface area (Å²) in [6.07, 6.45) is 0.778. The van der Waals surface area contributed by atoms with Crippen molar-refractivity contribution in [2.24, 2.45) is 0 Å². The van der Waals surface area contributed by atoms with Gasteiger partial charge < -0.3 is 4.90 Å². The molecule has 0 atom stereocenters. The first-order valence-electron chi connectivity index (χ1n) is 9.17. The van der Waals surface area contributed by atoms with Crippen LogP contribution in [-0.4, -0.2) is 25.8 Å². The van der Waals surface area contributed by atoms with Crippen molar-refractivity contribution in [3.63, 3.8) is 0 Å². The molecule has 1 amide bonds. The monoisotopic (exact) mass is 426 g/mol. The van der Waals surface area contributed by atoms with E-state index in [-0.39, 0.29) is 21.4 Å². The van der Waals surface area contributed by atoms with Crippen molar-refractivity contribution in [1.82, 2.24) is 4.90 Å². The molecule has 148 valence electrons. The Bertz CT molecular complexity index is 1160. The first kappa shape index (κ1) is 19.5. The first-order chi connectivity index (χ1) is 13.9. The van der Waals surface area contributed by atoms with Crippen LogP contribution >= 0.6 is 11.6 Å². The van der Waals surface area contributed by atoms with Gasteiger partial charge in [-0.15, -0.1) is 0 Å². The molecule has 4 rings (SSSR count). The second-order valence-electron chi connectivity index (χ2n) is 6.86. The lowest BCUT2D eigenvalue weighted by Crippen LogP contribution is -2.36. The molecule has 0 bridgehead atoms. The van der Waals surface area contributed by atoms with Crippen LogP contribution in [0.4, 0.5) is 5.69 Å². The van der Waals surface area contributed by atoms with Crippen LogP contribution in [0.3, 0.4) is 0 Å². The molecule has 5 nitrogen and oxygen atoms in total. The topological polar surface area (TPSA) is 66.5 Å². The minimum Gasteiger partial charge on any atom is -0.334 e. The molecule has 0 saturated heterocycles. The number of hydrogen-bond acceptors (Lipinski definition) is 3. The highest BCUT2D eigenvalue weighted by molar-refractivity contribution is 7.92. The molecule has 1 N–H and O–H groups in total. The Labute approximate surface area is 175 Å². The maximum atomic E-state index is 13.1. The van der Waals surface area contributed by atoms with Crippen LogP contribution in [0.5, 0.6) is 0 Å². The second kappa shape index (κ2) is 7.89. The zero-order valence-electron chi connectivity index (χ0n) is 15.5. The lowest BCUT2D eigenvalue weighted by Gasteiger charge is -2.29. The van der Waals surface area contributed by atoms with Crippen molar-refractivity contribution in [2.75, 3.05) is 11.3 Å². The summed E-state index contributed by atoms with van der Waals surface area (Å²) in [6.45, 7) is 1.09. The van der Waals surface area contributed by atoms with Crippen LogP contribution < -0.4 is 4.72 Å². The summed E-state index contributed by atoms with van der Waals surface area (Å²) >= 11 is 6.27. The number of nitrogens with zero attached hydrogens (tertiary/aromatic N) is 1. The van der Waals surface area contributed by atoms with E-state index in [0.717, 1.165) is 12.0 Å². The van der Waals surface area contributed by atoms with Gasteiger partial charge in [0.25, 0.3) is 15.9 Å². The molecule has 1 aliphatic rings. The van der Waals surface area contributed by atoms with Crippen molar-refractivity contribution < 1.29 is 13.2 Å². The molecule has 0 radical (unpaired) electrons. The molecule has 1 heterocycles. The van der Waals surface area contributed by atoms with Crippen LogP contribution in [-0.2, 0) is 23.0 Å². The van der Waals surface area contributed by atoms with E-state index in [1.54, 1.807) is 29.2 Å². The molecule has 29 heavy (non-hydrogen) atoms. The zero-order valence-corrected chi connectivity index (χ0v) is 17.1. The number of benzene rings is 3. The number of nitrogens with one attached hydrogen (secondary N) is 1. The van der Waals surface area contributed by atoms with Crippen LogP contribution in [0.2, 0.25) is 5.02 Å². The Morgan fingerprint density at radius 1 is 0.931 bits per heavy atom. The third-order valence-corrected chi connectivity index (χ3v) is 6.65. The highest BCUT2D eigenvalue weighted by Crippen LogP contribution is 2.26. The van der Waals surface area contributed by atoms with E-state index >= 15 is 0 Å². The van der Waals surface area contributed by atoms with Crippen LogP contribution in [0.15, 0.2) is 77.7 Å². The van der Waals surface area contributed by atoms with Gasteiger partial charge in [-0.2, -0.15) is 0 Å². The molecule has 7 heteroatoms. The normalized spacial score (nSPS) is 13.6. The van der Waals surface area contributed by atoms with Gasteiger partial charge in [-0.05, 0) is 47.9 Å². The standard InChI is InChI=1S/C22H19ClN2O3S/c23-21-11-10-18(24-29(27,28)19-8-2-1-3-9-19)14-20(21)22(26)25-13-12-16-6-4-5-7-17(16)15-25/h1-11,14,24H,12-13,15H2. The Hall–Kier alpha value is -2.83. The first-order valence-corrected chi connectivity index (χ1v) is 11.0. The third-order valence-electron chi connectivity index (χ3n) is 4.92.